The molecule has 0 rings (SSSR count). The second-order valence-corrected chi connectivity index (χ2v) is 21.5. The minimum absolute atomic E-state index is 0.899. The third-order valence-corrected chi connectivity index (χ3v) is 10.8. The van der Waals surface area contributed by atoms with Gasteiger partial charge in [-0.2, -0.15) is 0 Å². The van der Waals surface area contributed by atoms with Gasteiger partial charge in [0.2, 0.25) is 0 Å². The summed E-state index contributed by atoms with van der Waals surface area (Å²) in [6.45, 7) is 43.5. The highest BCUT2D eigenvalue weighted by Gasteiger charge is 2.13. The van der Waals surface area contributed by atoms with Crippen LogP contribution in [0.4, 0.5) is 0 Å². The second kappa shape index (κ2) is 23.1. The molecule has 0 aliphatic rings. The van der Waals surface area contributed by atoms with Gasteiger partial charge in [0.05, 0.1) is 16.1 Å². The van der Waals surface area contributed by atoms with Crippen LogP contribution in [0, 0.1) is 11.8 Å². The third-order valence-electron chi connectivity index (χ3n) is 5.48. The van der Waals surface area contributed by atoms with Crippen LogP contribution in [0.15, 0.2) is 44.8 Å². The molecule has 0 heterocycles. The zero-order chi connectivity index (χ0) is 27.3. The average molecular weight is 479 g/mol. The van der Waals surface area contributed by atoms with Gasteiger partial charge >= 0.3 is 0 Å². The number of rotatable bonds is 2. The lowest BCUT2D eigenvalue weighted by atomic mass is 10.2. The van der Waals surface area contributed by atoms with E-state index < -0.39 is 16.1 Å². The molecule has 0 saturated carbocycles. The molecule has 0 nitrogen and oxygen atoms in total. The minimum atomic E-state index is -0.899. The Hall–Kier alpha value is -1.05. The number of hydrogen-bond acceptors (Lipinski definition) is 0. The maximum atomic E-state index is 2.68. The summed E-state index contributed by atoms with van der Waals surface area (Å²) >= 11 is 0. The summed E-state index contributed by atoms with van der Waals surface area (Å²) in [5, 5.41) is 3.19. The van der Waals surface area contributed by atoms with Crippen LogP contribution in [-0.4, -0.2) is 16.1 Å². The largest absolute Gasteiger partial charge is 0.107 e. The molecule has 190 valence electrons. The van der Waals surface area contributed by atoms with E-state index in [2.05, 4.69) is 146 Å². The van der Waals surface area contributed by atoms with Crippen molar-refractivity contribution in [2.24, 2.45) is 0 Å². The average Bonchev–Trinajstić information content (AvgIpc) is 2.66. The van der Waals surface area contributed by atoms with E-state index in [9.17, 15) is 0 Å². The van der Waals surface area contributed by atoms with Gasteiger partial charge in [0, 0.05) is 0 Å². The molecule has 0 fully saturated rings. The van der Waals surface area contributed by atoms with E-state index in [4.69, 9.17) is 0 Å². The first-order valence-corrected chi connectivity index (χ1v) is 19.0. The summed E-state index contributed by atoms with van der Waals surface area (Å²) in [5.41, 5.74) is 5.70. The van der Waals surface area contributed by atoms with Gasteiger partial charge in [0.1, 0.15) is 0 Å². The van der Waals surface area contributed by atoms with E-state index >= 15 is 0 Å². The first kappa shape index (κ1) is 41.2. The van der Waals surface area contributed by atoms with Gasteiger partial charge in [-0.25, -0.2) is 0 Å². The second-order valence-electron chi connectivity index (χ2n) is 10.9. The number of hydrogen-bond donors (Lipinski definition) is 0. The Kier molecular flexibility index (Phi) is 29.8. The van der Waals surface area contributed by atoms with Gasteiger partial charge in [0.25, 0.3) is 0 Å². The van der Waals surface area contributed by atoms with E-state index in [0.717, 1.165) is 0 Å². The van der Waals surface area contributed by atoms with Crippen LogP contribution in [0.2, 0.25) is 39.3 Å². The molecule has 0 N–H and O–H groups in total. The molecule has 0 aliphatic carbocycles. The lowest BCUT2D eigenvalue weighted by molar-refractivity contribution is 1.23. The normalized spacial score (nSPS) is 10.6. The molecule has 0 spiro atoms. The van der Waals surface area contributed by atoms with Crippen molar-refractivity contribution in [3.05, 3.63) is 44.8 Å². The van der Waals surface area contributed by atoms with Crippen LogP contribution >= 0.6 is 0 Å². The first-order chi connectivity index (χ1) is 14.2. The minimum Gasteiger partial charge on any atom is -0.107 e. The Morgan fingerprint density at radius 1 is 0.438 bits per heavy atom. The molecule has 0 bridgehead atoms. The third kappa shape index (κ3) is 39.4. The van der Waals surface area contributed by atoms with Gasteiger partial charge in [-0.05, 0) is 96.9 Å². The molecule has 0 aliphatic heterocycles. The van der Waals surface area contributed by atoms with E-state index in [1.165, 1.54) is 22.3 Å². The van der Waals surface area contributed by atoms with Crippen LogP contribution in [0.1, 0.15) is 96.9 Å². The van der Waals surface area contributed by atoms with Crippen molar-refractivity contribution in [1.29, 1.82) is 0 Å². The summed E-state index contributed by atoms with van der Waals surface area (Å²) in [4.78, 5) is 0. The highest BCUT2D eigenvalue weighted by Crippen LogP contribution is 2.12. The SMILES string of the molecule is C/C=C(/C)[Si](C)(C)C.C/C=C(\C)[Si](C)(C)C.CC#CC.CC(C)=C(C)C.CC(C)=C(C)C. The van der Waals surface area contributed by atoms with Crippen LogP contribution in [0.3, 0.4) is 0 Å². The molecular weight excluding hydrogens is 417 g/mol. The smallest absolute Gasteiger partial charge is 0.0716 e. The van der Waals surface area contributed by atoms with Gasteiger partial charge in [-0.1, -0.05) is 84.1 Å². The topological polar surface area (TPSA) is 0 Å². The van der Waals surface area contributed by atoms with Gasteiger partial charge in [-0.3, -0.25) is 0 Å². The Morgan fingerprint density at radius 3 is 0.594 bits per heavy atom. The van der Waals surface area contributed by atoms with Gasteiger partial charge in [0.15, 0.2) is 0 Å². The van der Waals surface area contributed by atoms with E-state index in [-0.39, 0.29) is 0 Å². The zero-order valence-electron chi connectivity index (χ0n) is 26.2. The van der Waals surface area contributed by atoms with Gasteiger partial charge < -0.3 is 0 Å². The Morgan fingerprint density at radius 2 is 0.594 bits per heavy atom. The van der Waals surface area contributed by atoms with Crippen molar-refractivity contribution in [2.75, 3.05) is 0 Å². The lowest BCUT2D eigenvalue weighted by Gasteiger charge is -2.15. The van der Waals surface area contributed by atoms with E-state index in [1.54, 1.807) is 10.4 Å². The number of allylic oxidation sites excluding steroid dienone is 8. The summed E-state index contributed by atoms with van der Waals surface area (Å²) in [6.07, 6.45) is 4.46. The lowest BCUT2D eigenvalue weighted by Crippen LogP contribution is -2.21. The Bertz CT molecular complexity index is 552. The maximum Gasteiger partial charge on any atom is 0.0716 e. The molecule has 0 saturated heterocycles. The van der Waals surface area contributed by atoms with Crippen LogP contribution in [-0.2, 0) is 0 Å². The monoisotopic (exact) mass is 478 g/mol. The van der Waals surface area contributed by atoms with Gasteiger partial charge in [-0.15, -0.1) is 11.8 Å². The van der Waals surface area contributed by atoms with Crippen molar-refractivity contribution in [3.8, 4) is 11.8 Å². The quantitative estimate of drug-likeness (QED) is 0.210. The fourth-order valence-electron chi connectivity index (χ4n) is 0.866. The Labute approximate surface area is 208 Å². The maximum absolute atomic E-state index is 2.68. The molecule has 32 heavy (non-hydrogen) atoms. The van der Waals surface area contributed by atoms with Crippen molar-refractivity contribution >= 4 is 16.1 Å². The molecule has 0 unspecified atom stereocenters. The summed E-state index contributed by atoms with van der Waals surface area (Å²) in [6, 6.07) is 0. The zero-order valence-corrected chi connectivity index (χ0v) is 28.2. The fraction of sp³-hybridized carbons (Fsp3) is 0.667. The highest BCUT2D eigenvalue weighted by atomic mass is 28.3. The fourth-order valence-corrected chi connectivity index (χ4v) is 2.60. The first-order valence-electron chi connectivity index (χ1n) is 12.0. The summed E-state index contributed by atoms with van der Waals surface area (Å²) in [5.74, 6) is 5.36. The molecular formula is C30H62Si2. The van der Waals surface area contributed by atoms with Crippen molar-refractivity contribution in [1.82, 2.24) is 0 Å². The molecule has 0 aromatic rings. The molecule has 0 radical (unpaired) electrons. The predicted molar refractivity (Wildman–Crippen MR) is 164 cm³/mol. The van der Waals surface area contributed by atoms with Crippen LogP contribution in [0.25, 0.3) is 0 Å². The van der Waals surface area contributed by atoms with Crippen molar-refractivity contribution in [2.45, 2.75) is 136 Å². The Balaban J connectivity index is -0.0000000968. The summed E-state index contributed by atoms with van der Waals surface area (Å²) < 4.78 is 0. The van der Waals surface area contributed by atoms with Crippen molar-refractivity contribution in [3.63, 3.8) is 0 Å². The van der Waals surface area contributed by atoms with E-state index in [1.807, 2.05) is 13.8 Å². The molecule has 0 atom stereocenters. The molecule has 0 amide bonds. The van der Waals surface area contributed by atoms with Crippen LogP contribution in [0.5, 0.6) is 0 Å². The standard InChI is InChI=1S/2C7H16Si.2C6H12.C4H6/c2*1-6-7(2)8(3,4)5;2*1-5(2)6(3)4;1-3-4-2/h2*6H,1-5H3;2*1-4H3;1-2H3/b7-6+;7-6-;;;. The van der Waals surface area contributed by atoms with Crippen molar-refractivity contribution < 1.29 is 0 Å². The molecule has 0 aromatic carbocycles. The summed E-state index contributed by atoms with van der Waals surface area (Å²) in [7, 11) is -1.80. The molecule has 2 heteroatoms. The van der Waals surface area contributed by atoms with E-state index in [0.29, 0.717) is 0 Å². The van der Waals surface area contributed by atoms with Crippen LogP contribution < -0.4 is 0 Å². The highest BCUT2D eigenvalue weighted by molar-refractivity contribution is 6.83. The molecule has 0 aromatic heterocycles. The predicted octanol–water partition coefficient (Wildman–Crippen LogP) is 11.4.